The highest BCUT2D eigenvalue weighted by atomic mass is 16.5. The molecule has 3 rings (SSSR count). The molecule has 0 saturated carbocycles. The lowest BCUT2D eigenvalue weighted by Crippen LogP contribution is -2.41. The van der Waals surface area contributed by atoms with Crippen molar-refractivity contribution < 1.29 is 9.53 Å². The van der Waals surface area contributed by atoms with Gasteiger partial charge in [-0.05, 0) is 43.5 Å². The van der Waals surface area contributed by atoms with E-state index >= 15 is 0 Å². The first kappa shape index (κ1) is 14.6. The van der Waals surface area contributed by atoms with E-state index in [4.69, 9.17) is 4.74 Å². The average molecular weight is 300 g/mol. The summed E-state index contributed by atoms with van der Waals surface area (Å²) >= 11 is 0. The van der Waals surface area contributed by atoms with Gasteiger partial charge in [0.2, 0.25) is 0 Å². The van der Waals surface area contributed by atoms with Crippen molar-refractivity contribution in [3.05, 3.63) is 42.0 Å². The molecule has 0 N–H and O–H groups in total. The first-order valence-corrected chi connectivity index (χ1v) is 7.47. The molecule has 0 unspecified atom stereocenters. The molecule has 1 aromatic heterocycles. The van der Waals surface area contributed by atoms with Crippen LogP contribution < -0.4 is 4.74 Å². The fraction of sp³-hybridized carbons (Fsp3) is 0.438. The Morgan fingerprint density at radius 3 is 2.95 bits per heavy atom. The van der Waals surface area contributed by atoms with Gasteiger partial charge in [0.05, 0.1) is 13.2 Å². The van der Waals surface area contributed by atoms with E-state index in [2.05, 4.69) is 10.1 Å². The van der Waals surface area contributed by atoms with Crippen molar-refractivity contribution in [3.8, 4) is 5.75 Å². The van der Waals surface area contributed by atoms with Crippen LogP contribution in [-0.2, 0) is 0 Å². The van der Waals surface area contributed by atoms with Crippen LogP contribution in [0.15, 0.2) is 30.9 Å². The second kappa shape index (κ2) is 6.17. The van der Waals surface area contributed by atoms with Crippen molar-refractivity contribution >= 4 is 5.91 Å². The van der Waals surface area contributed by atoms with Gasteiger partial charge in [-0.25, -0.2) is 9.67 Å². The third-order valence-electron chi connectivity index (χ3n) is 4.16. The van der Waals surface area contributed by atoms with Gasteiger partial charge in [0.15, 0.2) is 0 Å². The number of methoxy groups -OCH3 is 1. The van der Waals surface area contributed by atoms with Crippen LogP contribution in [0.3, 0.4) is 0 Å². The number of carbonyl (C=O) groups is 1. The van der Waals surface area contributed by atoms with Crippen molar-refractivity contribution in [1.29, 1.82) is 0 Å². The van der Waals surface area contributed by atoms with E-state index in [1.165, 1.54) is 6.33 Å². The van der Waals surface area contributed by atoms with E-state index in [0.29, 0.717) is 6.54 Å². The van der Waals surface area contributed by atoms with Gasteiger partial charge < -0.3 is 9.64 Å². The molecule has 0 radical (unpaired) electrons. The van der Waals surface area contributed by atoms with Crippen LogP contribution in [0.5, 0.6) is 5.75 Å². The van der Waals surface area contributed by atoms with Gasteiger partial charge in [0, 0.05) is 18.7 Å². The minimum Gasteiger partial charge on any atom is -0.497 e. The summed E-state index contributed by atoms with van der Waals surface area (Å²) in [7, 11) is 1.63. The van der Waals surface area contributed by atoms with Crippen LogP contribution in [0.1, 0.15) is 34.8 Å². The summed E-state index contributed by atoms with van der Waals surface area (Å²) in [5.74, 6) is 0.846. The Balaban J connectivity index is 1.77. The fourth-order valence-electron chi connectivity index (χ4n) is 2.93. The molecule has 1 saturated heterocycles. The number of amides is 1. The third kappa shape index (κ3) is 2.81. The first-order valence-electron chi connectivity index (χ1n) is 7.47. The Labute approximate surface area is 129 Å². The fourth-order valence-corrected chi connectivity index (χ4v) is 2.93. The number of likely N-dealkylation sites (tertiary alicyclic amines) is 1. The Hall–Kier alpha value is -2.37. The predicted octanol–water partition coefficient (Wildman–Crippen LogP) is 2.07. The Bertz CT molecular complexity index is 654. The highest BCUT2D eigenvalue weighted by molar-refractivity contribution is 5.95. The molecule has 116 valence electrons. The summed E-state index contributed by atoms with van der Waals surface area (Å²) in [6.07, 6.45) is 5.26. The highest BCUT2D eigenvalue weighted by Crippen LogP contribution is 2.24. The zero-order valence-corrected chi connectivity index (χ0v) is 12.9. The molecule has 6 nitrogen and oxygen atoms in total. The summed E-state index contributed by atoms with van der Waals surface area (Å²) in [6.45, 7) is 3.40. The summed E-state index contributed by atoms with van der Waals surface area (Å²) in [5, 5.41) is 4.20. The zero-order chi connectivity index (χ0) is 15.5. The monoisotopic (exact) mass is 300 g/mol. The number of aryl methyl sites for hydroxylation is 1. The molecule has 0 aliphatic carbocycles. The van der Waals surface area contributed by atoms with Gasteiger partial charge >= 0.3 is 0 Å². The maximum atomic E-state index is 12.8. The molecule has 2 aromatic rings. The molecule has 1 amide bonds. The molecule has 1 fully saturated rings. The third-order valence-corrected chi connectivity index (χ3v) is 4.16. The molecule has 2 heterocycles. The number of carbonyl (C=O) groups excluding carboxylic acids is 1. The quantitative estimate of drug-likeness (QED) is 0.870. The number of benzene rings is 1. The molecule has 1 aliphatic heterocycles. The molecule has 6 heteroatoms. The topological polar surface area (TPSA) is 60.2 Å². The number of nitrogens with zero attached hydrogens (tertiary/aromatic N) is 4. The van der Waals surface area contributed by atoms with Crippen LogP contribution in [0.25, 0.3) is 0 Å². The maximum absolute atomic E-state index is 12.8. The molecule has 1 aliphatic rings. The zero-order valence-electron chi connectivity index (χ0n) is 12.9. The molecule has 22 heavy (non-hydrogen) atoms. The smallest absolute Gasteiger partial charge is 0.254 e. The molecule has 1 aromatic carbocycles. The van der Waals surface area contributed by atoms with Crippen LogP contribution >= 0.6 is 0 Å². The first-order chi connectivity index (χ1) is 10.7. The second-order valence-electron chi connectivity index (χ2n) is 5.60. The van der Waals surface area contributed by atoms with Gasteiger partial charge in [-0.3, -0.25) is 4.79 Å². The van der Waals surface area contributed by atoms with Crippen LogP contribution in [0.4, 0.5) is 0 Å². The molecule has 0 spiro atoms. The summed E-state index contributed by atoms with van der Waals surface area (Å²) in [4.78, 5) is 18.7. The number of ether oxygens (including phenoxy) is 1. The number of rotatable bonds is 3. The van der Waals surface area contributed by atoms with Crippen LogP contribution in [0.2, 0.25) is 0 Å². The van der Waals surface area contributed by atoms with Crippen LogP contribution in [-0.4, -0.2) is 45.8 Å². The van der Waals surface area contributed by atoms with Gasteiger partial charge in [-0.2, -0.15) is 5.10 Å². The molecule has 0 bridgehead atoms. The molecule has 1 atom stereocenters. The van der Waals surface area contributed by atoms with E-state index in [1.54, 1.807) is 13.4 Å². The van der Waals surface area contributed by atoms with Crippen molar-refractivity contribution in [2.45, 2.75) is 25.8 Å². The number of aromatic nitrogens is 3. The van der Waals surface area contributed by atoms with Crippen LogP contribution in [0, 0.1) is 6.92 Å². The normalized spacial score (nSPS) is 18.3. The summed E-state index contributed by atoms with van der Waals surface area (Å²) < 4.78 is 7.05. The number of hydrogen-bond acceptors (Lipinski definition) is 4. The standard InChI is InChI=1S/C16H20N4O2/c1-12-8-14(22-2)5-6-15(12)16(21)19-7-3-4-13(9-19)20-11-17-10-18-20/h5-6,8,10-11,13H,3-4,7,9H2,1-2H3/t13-/m0/s1. The lowest BCUT2D eigenvalue weighted by atomic mass is 10.0. The van der Waals surface area contributed by atoms with E-state index in [1.807, 2.05) is 34.7 Å². The maximum Gasteiger partial charge on any atom is 0.254 e. The second-order valence-corrected chi connectivity index (χ2v) is 5.60. The largest absolute Gasteiger partial charge is 0.497 e. The van der Waals surface area contributed by atoms with Crippen molar-refractivity contribution in [1.82, 2.24) is 19.7 Å². The van der Waals surface area contributed by atoms with Crippen molar-refractivity contribution in [2.24, 2.45) is 0 Å². The minimum atomic E-state index is 0.0740. The van der Waals surface area contributed by atoms with Crippen molar-refractivity contribution in [2.75, 3.05) is 20.2 Å². The van der Waals surface area contributed by atoms with Gasteiger partial charge in [-0.15, -0.1) is 0 Å². The van der Waals surface area contributed by atoms with Gasteiger partial charge in [-0.1, -0.05) is 0 Å². The van der Waals surface area contributed by atoms with E-state index < -0.39 is 0 Å². The Morgan fingerprint density at radius 1 is 1.41 bits per heavy atom. The Morgan fingerprint density at radius 2 is 2.27 bits per heavy atom. The van der Waals surface area contributed by atoms with Crippen molar-refractivity contribution in [3.63, 3.8) is 0 Å². The number of hydrogen-bond donors (Lipinski definition) is 0. The summed E-state index contributed by atoms with van der Waals surface area (Å²) in [6, 6.07) is 5.78. The Kier molecular flexibility index (Phi) is 4.09. The highest BCUT2D eigenvalue weighted by Gasteiger charge is 2.26. The van der Waals surface area contributed by atoms with Gasteiger partial charge in [0.1, 0.15) is 18.4 Å². The van der Waals surface area contributed by atoms with E-state index in [9.17, 15) is 4.79 Å². The van der Waals surface area contributed by atoms with Gasteiger partial charge in [0.25, 0.3) is 5.91 Å². The SMILES string of the molecule is COc1ccc(C(=O)N2CCC[C@H](n3cncn3)C2)c(C)c1. The summed E-state index contributed by atoms with van der Waals surface area (Å²) in [5.41, 5.74) is 1.67. The average Bonchev–Trinajstić information content (AvgIpc) is 3.09. The van der Waals surface area contributed by atoms with E-state index in [0.717, 1.165) is 36.3 Å². The lowest BCUT2D eigenvalue weighted by Gasteiger charge is -2.33. The van der Waals surface area contributed by atoms with E-state index in [-0.39, 0.29) is 11.9 Å². The number of piperidine rings is 1. The minimum absolute atomic E-state index is 0.0740. The lowest BCUT2D eigenvalue weighted by molar-refractivity contribution is 0.0672. The molecular weight excluding hydrogens is 280 g/mol. The predicted molar refractivity (Wildman–Crippen MR) is 81.9 cm³/mol. The molecular formula is C16H20N4O2.